The number of aliphatic hydroxyl groups excluding tert-OH is 1. The second kappa shape index (κ2) is 6.97. The van der Waals surface area contributed by atoms with Crippen molar-refractivity contribution < 1.29 is 9.84 Å². The summed E-state index contributed by atoms with van der Waals surface area (Å²) in [6, 6.07) is 13.4. The number of benzene rings is 2. The summed E-state index contributed by atoms with van der Waals surface area (Å²) in [6.07, 6.45) is 0.513. The van der Waals surface area contributed by atoms with Crippen LogP contribution in [0.15, 0.2) is 42.5 Å². The molecule has 0 aliphatic rings. The minimum Gasteiger partial charge on any atom is -0.456 e. The number of para-hydroxylation sites is 1. The molecule has 0 fully saturated rings. The van der Waals surface area contributed by atoms with Crippen molar-refractivity contribution in [1.29, 1.82) is 0 Å². The number of halogens is 1. The van der Waals surface area contributed by atoms with Gasteiger partial charge in [-0.2, -0.15) is 0 Å². The molecule has 0 saturated carbocycles. The Bertz CT molecular complexity index is 608. The molecule has 2 rings (SSSR count). The van der Waals surface area contributed by atoms with E-state index < -0.39 is 6.10 Å². The highest BCUT2D eigenvalue weighted by Gasteiger charge is 2.12. The third kappa shape index (κ3) is 3.78. The lowest BCUT2D eigenvalue weighted by Gasteiger charge is -2.16. The molecular weight excluding hydrogens is 284 g/mol. The summed E-state index contributed by atoms with van der Waals surface area (Å²) < 4.78 is 5.98. The fourth-order valence-corrected chi connectivity index (χ4v) is 2.41. The first kappa shape index (κ1) is 15.9. The maximum atomic E-state index is 9.58. The van der Waals surface area contributed by atoms with Gasteiger partial charge in [-0.05, 0) is 48.6 Å². The molecule has 2 atom stereocenters. The van der Waals surface area contributed by atoms with E-state index in [4.69, 9.17) is 16.3 Å². The Balaban J connectivity index is 2.30. The lowest BCUT2D eigenvalue weighted by molar-refractivity contribution is 0.199. The van der Waals surface area contributed by atoms with Gasteiger partial charge in [0.15, 0.2) is 0 Å². The molecule has 2 aromatic carbocycles. The third-order valence-electron chi connectivity index (χ3n) is 3.72. The molecule has 0 aliphatic carbocycles. The maximum absolute atomic E-state index is 9.58. The summed E-state index contributed by atoms with van der Waals surface area (Å²) in [5.74, 6) is 1.87. The molecule has 2 nitrogen and oxygen atoms in total. The molecule has 0 spiro atoms. The molecular formula is C18H21ClO2. The topological polar surface area (TPSA) is 29.5 Å². The van der Waals surface area contributed by atoms with E-state index in [2.05, 4.69) is 19.9 Å². The highest BCUT2D eigenvalue weighted by molar-refractivity contribution is 6.32. The van der Waals surface area contributed by atoms with Crippen LogP contribution in [0.1, 0.15) is 50.3 Å². The predicted octanol–water partition coefficient (Wildman–Crippen LogP) is 5.70. The van der Waals surface area contributed by atoms with Gasteiger partial charge in [-0.25, -0.2) is 0 Å². The summed E-state index contributed by atoms with van der Waals surface area (Å²) in [5.41, 5.74) is 1.96. The van der Waals surface area contributed by atoms with Crippen molar-refractivity contribution >= 4 is 11.6 Å². The van der Waals surface area contributed by atoms with Gasteiger partial charge in [-0.15, -0.1) is 0 Å². The van der Waals surface area contributed by atoms with Crippen molar-refractivity contribution in [3.63, 3.8) is 0 Å². The average Bonchev–Trinajstić information content (AvgIpc) is 2.49. The SMILES string of the molecule is CCC(C)c1ccccc1Oc1ccc([C@@H](C)O)cc1Cl. The van der Waals surface area contributed by atoms with Gasteiger partial charge in [0, 0.05) is 0 Å². The number of aliphatic hydroxyl groups is 1. The van der Waals surface area contributed by atoms with Crippen LogP contribution in [0.5, 0.6) is 11.5 Å². The van der Waals surface area contributed by atoms with Gasteiger partial charge in [0.1, 0.15) is 11.5 Å². The summed E-state index contributed by atoms with van der Waals surface area (Å²) in [7, 11) is 0. The van der Waals surface area contributed by atoms with Crippen molar-refractivity contribution in [2.45, 2.75) is 39.2 Å². The minimum atomic E-state index is -0.538. The third-order valence-corrected chi connectivity index (χ3v) is 4.02. The minimum absolute atomic E-state index is 0.428. The highest BCUT2D eigenvalue weighted by Crippen LogP contribution is 2.36. The Kier molecular flexibility index (Phi) is 5.27. The van der Waals surface area contributed by atoms with Crippen molar-refractivity contribution in [1.82, 2.24) is 0 Å². The standard InChI is InChI=1S/C18H21ClO2/c1-4-12(2)15-7-5-6-8-17(15)21-18-10-9-14(13(3)20)11-16(18)19/h5-13,20H,4H2,1-3H3/t12?,13-/m1/s1. The predicted molar refractivity (Wildman–Crippen MR) is 87.3 cm³/mol. The van der Waals surface area contributed by atoms with Gasteiger partial charge in [-0.3, -0.25) is 0 Å². The average molecular weight is 305 g/mol. The van der Waals surface area contributed by atoms with Crippen LogP contribution >= 0.6 is 11.6 Å². The Morgan fingerprint density at radius 2 is 1.81 bits per heavy atom. The van der Waals surface area contributed by atoms with Gasteiger partial charge < -0.3 is 9.84 Å². The van der Waals surface area contributed by atoms with E-state index in [1.165, 1.54) is 5.56 Å². The molecule has 2 aromatic rings. The van der Waals surface area contributed by atoms with Crippen LogP contribution in [0.25, 0.3) is 0 Å². The largest absolute Gasteiger partial charge is 0.456 e. The van der Waals surface area contributed by atoms with Gasteiger partial charge in [0.05, 0.1) is 11.1 Å². The maximum Gasteiger partial charge on any atom is 0.146 e. The molecule has 0 saturated heterocycles. The van der Waals surface area contributed by atoms with Gasteiger partial charge in [0.25, 0.3) is 0 Å². The van der Waals surface area contributed by atoms with Crippen molar-refractivity contribution in [3.05, 3.63) is 58.6 Å². The van der Waals surface area contributed by atoms with Crippen LogP contribution < -0.4 is 4.74 Å². The van der Waals surface area contributed by atoms with E-state index in [1.807, 2.05) is 24.3 Å². The summed E-state index contributed by atoms with van der Waals surface area (Å²) in [5, 5.41) is 10.1. The Morgan fingerprint density at radius 1 is 1.10 bits per heavy atom. The van der Waals surface area contributed by atoms with Crippen LogP contribution in [0, 0.1) is 0 Å². The molecule has 1 unspecified atom stereocenters. The Morgan fingerprint density at radius 3 is 2.43 bits per heavy atom. The molecule has 0 heterocycles. The van der Waals surface area contributed by atoms with Crippen LogP contribution in [0.2, 0.25) is 5.02 Å². The van der Waals surface area contributed by atoms with E-state index in [9.17, 15) is 5.11 Å². The quantitative estimate of drug-likeness (QED) is 0.768. The molecule has 112 valence electrons. The molecule has 1 N–H and O–H groups in total. The first-order valence-corrected chi connectivity index (χ1v) is 7.65. The number of rotatable bonds is 5. The second-order valence-corrected chi connectivity index (χ2v) is 5.72. The normalized spacial score (nSPS) is 13.8. The number of hydrogen-bond donors (Lipinski definition) is 1. The van der Waals surface area contributed by atoms with Gasteiger partial charge >= 0.3 is 0 Å². The Hall–Kier alpha value is -1.51. The van der Waals surface area contributed by atoms with Crippen molar-refractivity contribution in [3.8, 4) is 11.5 Å². The van der Waals surface area contributed by atoms with Crippen molar-refractivity contribution in [2.75, 3.05) is 0 Å². The van der Waals surface area contributed by atoms with Gasteiger partial charge in [-0.1, -0.05) is 49.7 Å². The number of ether oxygens (including phenoxy) is 1. The molecule has 0 amide bonds. The first-order valence-electron chi connectivity index (χ1n) is 7.27. The molecule has 3 heteroatoms. The zero-order valence-electron chi connectivity index (χ0n) is 12.6. The molecule has 0 radical (unpaired) electrons. The Labute approximate surface area is 131 Å². The van der Waals surface area contributed by atoms with Gasteiger partial charge in [0.2, 0.25) is 0 Å². The molecule has 0 aliphatic heterocycles. The van der Waals surface area contributed by atoms with E-state index in [1.54, 1.807) is 19.1 Å². The summed E-state index contributed by atoms with van der Waals surface area (Å²) >= 11 is 6.25. The molecule has 0 aromatic heterocycles. The highest BCUT2D eigenvalue weighted by atomic mass is 35.5. The number of hydrogen-bond acceptors (Lipinski definition) is 2. The lowest BCUT2D eigenvalue weighted by Crippen LogP contribution is -1.97. The molecule has 0 bridgehead atoms. The fraction of sp³-hybridized carbons (Fsp3) is 0.333. The fourth-order valence-electron chi connectivity index (χ4n) is 2.18. The van der Waals surface area contributed by atoms with E-state index >= 15 is 0 Å². The lowest BCUT2D eigenvalue weighted by atomic mass is 9.98. The van der Waals surface area contributed by atoms with E-state index in [-0.39, 0.29) is 0 Å². The van der Waals surface area contributed by atoms with Crippen LogP contribution in [-0.2, 0) is 0 Å². The van der Waals surface area contributed by atoms with E-state index in [0.717, 1.165) is 17.7 Å². The van der Waals surface area contributed by atoms with Crippen LogP contribution in [0.4, 0.5) is 0 Å². The van der Waals surface area contributed by atoms with E-state index in [0.29, 0.717) is 16.7 Å². The second-order valence-electron chi connectivity index (χ2n) is 5.32. The van der Waals surface area contributed by atoms with Crippen LogP contribution in [0.3, 0.4) is 0 Å². The monoisotopic (exact) mass is 304 g/mol. The molecule has 21 heavy (non-hydrogen) atoms. The summed E-state index contributed by atoms with van der Waals surface area (Å²) in [4.78, 5) is 0. The summed E-state index contributed by atoms with van der Waals surface area (Å²) in [6.45, 7) is 6.05. The smallest absolute Gasteiger partial charge is 0.146 e. The zero-order valence-corrected chi connectivity index (χ0v) is 13.4. The first-order chi connectivity index (χ1) is 10.0. The van der Waals surface area contributed by atoms with Crippen molar-refractivity contribution in [2.24, 2.45) is 0 Å². The van der Waals surface area contributed by atoms with Crippen LogP contribution in [-0.4, -0.2) is 5.11 Å². The zero-order chi connectivity index (χ0) is 15.4.